The van der Waals surface area contributed by atoms with E-state index in [2.05, 4.69) is 28.1 Å². The standard InChI is InChI=1S/C7H7Br.CH2O/c8-6-7-4-2-1-3-5-7;1-2/h1-5H,6H2;1H2. The zero-order valence-corrected chi connectivity index (χ0v) is 7.17. The highest BCUT2D eigenvalue weighted by Gasteiger charge is 1.81. The maximum atomic E-state index is 8.00. The quantitative estimate of drug-likeness (QED) is 0.637. The van der Waals surface area contributed by atoms with Crippen molar-refractivity contribution in [1.82, 2.24) is 0 Å². The van der Waals surface area contributed by atoms with Gasteiger partial charge in [-0.2, -0.15) is 0 Å². The Labute approximate surface area is 69.2 Å². The number of carbonyl (C=O) groups excluding carboxylic acids is 1. The summed E-state index contributed by atoms with van der Waals surface area (Å²) in [5, 5.41) is 0.952. The van der Waals surface area contributed by atoms with Gasteiger partial charge in [-0.1, -0.05) is 46.3 Å². The predicted molar refractivity (Wildman–Crippen MR) is 46.2 cm³/mol. The summed E-state index contributed by atoms with van der Waals surface area (Å²) >= 11 is 3.36. The van der Waals surface area contributed by atoms with Crippen molar-refractivity contribution in [1.29, 1.82) is 0 Å². The summed E-state index contributed by atoms with van der Waals surface area (Å²) in [7, 11) is 0. The molecular formula is C8H9BrO. The number of halogens is 1. The molecule has 1 aromatic carbocycles. The van der Waals surface area contributed by atoms with E-state index in [9.17, 15) is 0 Å². The number of rotatable bonds is 1. The van der Waals surface area contributed by atoms with E-state index >= 15 is 0 Å². The van der Waals surface area contributed by atoms with Crippen LogP contribution in [0.15, 0.2) is 30.3 Å². The van der Waals surface area contributed by atoms with Gasteiger partial charge in [0.1, 0.15) is 6.79 Å². The Balaban J connectivity index is 0.000000371. The van der Waals surface area contributed by atoms with Gasteiger partial charge in [-0.15, -0.1) is 0 Å². The summed E-state index contributed by atoms with van der Waals surface area (Å²) in [5.41, 5.74) is 1.33. The Bertz CT molecular complexity index is 162. The molecule has 1 nitrogen and oxygen atoms in total. The van der Waals surface area contributed by atoms with Gasteiger partial charge >= 0.3 is 0 Å². The van der Waals surface area contributed by atoms with Crippen molar-refractivity contribution >= 4 is 22.7 Å². The first-order valence-corrected chi connectivity index (χ1v) is 3.94. The summed E-state index contributed by atoms with van der Waals surface area (Å²) in [6.07, 6.45) is 0. The number of hydrogen-bond donors (Lipinski definition) is 0. The van der Waals surface area contributed by atoms with Crippen molar-refractivity contribution in [2.24, 2.45) is 0 Å². The highest BCUT2D eigenvalue weighted by atomic mass is 79.9. The Morgan fingerprint density at radius 3 is 2.00 bits per heavy atom. The average molecular weight is 201 g/mol. The molecule has 0 aromatic heterocycles. The third-order valence-electron chi connectivity index (χ3n) is 0.997. The fraction of sp³-hybridized carbons (Fsp3) is 0.125. The molecule has 0 bridgehead atoms. The lowest BCUT2D eigenvalue weighted by Gasteiger charge is -1.88. The SMILES string of the molecule is BrCc1ccccc1.C=O. The molecule has 0 aliphatic rings. The molecule has 0 saturated heterocycles. The molecule has 10 heavy (non-hydrogen) atoms. The predicted octanol–water partition coefficient (Wildman–Crippen LogP) is 2.40. The van der Waals surface area contributed by atoms with E-state index in [0.717, 1.165) is 5.33 Å². The molecule has 2 heteroatoms. The van der Waals surface area contributed by atoms with Crippen molar-refractivity contribution in [2.45, 2.75) is 5.33 Å². The fourth-order valence-electron chi connectivity index (χ4n) is 0.567. The van der Waals surface area contributed by atoms with E-state index in [1.165, 1.54) is 5.56 Å². The van der Waals surface area contributed by atoms with Crippen LogP contribution in [0, 0.1) is 0 Å². The third kappa shape index (κ3) is 3.41. The van der Waals surface area contributed by atoms with Gasteiger partial charge in [0, 0.05) is 5.33 Å². The van der Waals surface area contributed by atoms with Crippen LogP contribution in [0.2, 0.25) is 0 Å². The summed E-state index contributed by atoms with van der Waals surface area (Å²) in [6, 6.07) is 10.3. The molecule has 1 rings (SSSR count). The second-order valence-electron chi connectivity index (χ2n) is 1.62. The lowest BCUT2D eigenvalue weighted by atomic mass is 10.2. The zero-order chi connectivity index (χ0) is 7.82. The van der Waals surface area contributed by atoms with Crippen LogP contribution < -0.4 is 0 Å². The monoisotopic (exact) mass is 200 g/mol. The Hall–Kier alpha value is -0.630. The van der Waals surface area contributed by atoms with E-state index in [-0.39, 0.29) is 0 Å². The molecule has 0 radical (unpaired) electrons. The number of benzene rings is 1. The number of hydrogen-bond acceptors (Lipinski definition) is 1. The van der Waals surface area contributed by atoms with Crippen LogP contribution in [-0.4, -0.2) is 6.79 Å². The minimum atomic E-state index is 0.952. The van der Waals surface area contributed by atoms with Gasteiger partial charge < -0.3 is 4.79 Å². The molecule has 0 fully saturated rings. The van der Waals surface area contributed by atoms with Gasteiger partial charge in [-0.05, 0) is 5.56 Å². The maximum absolute atomic E-state index is 8.00. The van der Waals surface area contributed by atoms with Crippen LogP contribution in [0.3, 0.4) is 0 Å². The van der Waals surface area contributed by atoms with E-state index in [1.54, 1.807) is 0 Å². The minimum absolute atomic E-state index is 0.952. The molecule has 0 N–H and O–H groups in total. The van der Waals surface area contributed by atoms with Crippen LogP contribution in [0.25, 0.3) is 0 Å². The highest BCUT2D eigenvalue weighted by molar-refractivity contribution is 9.08. The fourth-order valence-corrected chi connectivity index (χ4v) is 0.941. The topological polar surface area (TPSA) is 17.1 Å². The first-order chi connectivity index (χ1) is 4.93. The van der Waals surface area contributed by atoms with E-state index in [1.807, 2.05) is 25.0 Å². The summed E-state index contributed by atoms with van der Waals surface area (Å²) in [6.45, 7) is 2.00. The van der Waals surface area contributed by atoms with Crippen molar-refractivity contribution in [2.75, 3.05) is 0 Å². The molecule has 0 aliphatic carbocycles. The van der Waals surface area contributed by atoms with Crippen LogP contribution in [-0.2, 0) is 10.1 Å². The molecule has 1 aromatic rings. The van der Waals surface area contributed by atoms with Crippen molar-refractivity contribution in [3.8, 4) is 0 Å². The Morgan fingerprint density at radius 1 is 1.20 bits per heavy atom. The first kappa shape index (κ1) is 9.37. The van der Waals surface area contributed by atoms with E-state index in [4.69, 9.17) is 4.79 Å². The van der Waals surface area contributed by atoms with Gasteiger partial charge in [-0.25, -0.2) is 0 Å². The summed E-state index contributed by atoms with van der Waals surface area (Å²) in [5.74, 6) is 0. The molecule has 0 spiro atoms. The molecule has 0 saturated carbocycles. The second kappa shape index (κ2) is 6.49. The van der Waals surface area contributed by atoms with Gasteiger partial charge in [0.15, 0.2) is 0 Å². The lowest BCUT2D eigenvalue weighted by Crippen LogP contribution is -1.70. The van der Waals surface area contributed by atoms with Gasteiger partial charge in [0.05, 0.1) is 0 Å². The van der Waals surface area contributed by atoms with Gasteiger partial charge in [0.2, 0.25) is 0 Å². The average Bonchev–Trinajstić information content (AvgIpc) is 2.10. The minimum Gasteiger partial charge on any atom is -0.307 e. The highest BCUT2D eigenvalue weighted by Crippen LogP contribution is 2.02. The van der Waals surface area contributed by atoms with Crippen LogP contribution in [0.5, 0.6) is 0 Å². The van der Waals surface area contributed by atoms with Crippen molar-refractivity contribution < 1.29 is 4.79 Å². The smallest absolute Gasteiger partial charge is 0.106 e. The van der Waals surface area contributed by atoms with Gasteiger partial charge in [-0.3, -0.25) is 0 Å². The van der Waals surface area contributed by atoms with E-state index in [0.29, 0.717) is 0 Å². The first-order valence-electron chi connectivity index (χ1n) is 2.82. The van der Waals surface area contributed by atoms with Crippen molar-refractivity contribution in [3.05, 3.63) is 35.9 Å². The molecular weight excluding hydrogens is 192 g/mol. The lowest BCUT2D eigenvalue weighted by molar-refractivity contribution is -0.0979. The molecule has 0 aliphatic heterocycles. The van der Waals surface area contributed by atoms with Gasteiger partial charge in [0.25, 0.3) is 0 Å². The Morgan fingerprint density at radius 2 is 1.70 bits per heavy atom. The van der Waals surface area contributed by atoms with Crippen LogP contribution in [0.1, 0.15) is 5.56 Å². The molecule has 0 unspecified atom stereocenters. The zero-order valence-electron chi connectivity index (χ0n) is 5.59. The maximum Gasteiger partial charge on any atom is 0.106 e. The summed E-state index contributed by atoms with van der Waals surface area (Å²) < 4.78 is 0. The Kier molecular flexibility index (Phi) is 6.08. The molecule has 54 valence electrons. The molecule has 0 amide bonds. The largest absolute Gasteiger partial charge is 0.307 e. The number of alkyl halides is 1. The third-order valence-corrected chi connectivity index (χ3v) is 1.64. The second-order valence-corrected chi connectivity index (χ2v) is 2.18. The normalized spacial score (nSPS) is 7.70. The summed E-state index contributed by atoms with van der Waals surface area (Å²) in [4.78, 5) is 8.00. The number of carbonyl (C=O) groups is 1. The van der Waals surface area contributed by atoms with Crippen LogP contribution >= 0.6 is 15.9 Å². The van der Waals surface area contributed by atoms with Crippen LogP contribution in [0.4, 0.5) is 0 Å². The van der Waals surface area contributed by atoms with Crippen molar-refractivity contribution in [3.63, 3.8) is 0 Å². The molecule has 0 heterocycles. The molecule has 0 atom stereocenters. The van der Waals surface area contributed by atoms with E-state index < -0.39 is 0 Å².